The monoisotopic (exact) mass is 356 g/mol. The van der Waals surface area contributed by atoms with Crippen LogP contribution in [-0.2, 0) is 11.3 Å². The standard InChI is InChI=1S/C18H20N4O4/c23-9-13-15(24)16(25)18(26-13)22-10-21-14-12(22)6-7-19-17(14)20-8-11-4-2-1-3-5-11/h1-7,10,13,15-16,18,23-25H,8-9H2,(H,19,20)/t13-,15-,16?,18-/m1/s1. The number of benzene rings is 1. The first-order valence-electron chi connectivity index (χ1n) is 8.41. The zero-order chi connectivity index (χ0) is 18.1. The number of hydrogen-bond acceptors (Lipinski definition) is 7. The predicted molar refractivity (Wildman–Crippen MR) is 94.3 cm³/mol. The minimum atomic E-state index is -1.15. The molecule has 0 aliphatic carbocycles. The molecule has 1 fully saturated rings. The summed E-state index contributed by atoms with van der Waals surface area (Å²) in [6, 6.07) is 11.7. The van der Waals surface area contributed by atoms with E-state index in [0.717, 1.165) is 5.56 Å². The Labute approximate surface area is 149 Å². The van der Waals surface area contributed by atoms with E-state index in [1.165, 1.54) is 0 Å². The summed E-state index contributed by atoms with van der Waals surface area (Å²) in [6.07, 6.45) is -0.768. The Kier molecular flexibility index (Phi) is 4.56. The molecule has 8 heteroatoms. The Bertz CT molecular complexity index is 885. The minimum Gasteiger partial charge on any atom is -0.394 e. The maximum absolute atomic E-state index is 10.2. The van der Waals surface area contributed by atoms with E-state index in [0.29, 0.717) is 23.4 Å². The van der Waals surface area contributed by atoms with Crippen LogP contribution in [0.1, 0.15) is 11.8 Å². The smallest absolute Gasteiger partial charge is 0.164 e. The van der Waals surface area contributed by atoms with Crippen LogP contribution in [0.15, 0.2) is 48.9 Å². The number of aromatic nitrogens is 3. The quantitative estimate of drug-likeness (QED) is 0.531. The summed E-state index contributed by atoms with van der Waals surface area (Å²) in [4.78, 5) is 8.74. The molecule has 4 atom stereocenters. The lowest BCUT2D eigenvalue weighted by Gasteiger charge is -2.17. The summed E-state index contributed by atoms with van der Waals surface area (Å²) in [5.74, 6) is 0.622. The van der Waals surface area contributed by atoms with Gasteiger partial charge in [-0.15, -0.1) is 0 Å². The van der Waals surface area contributed by atoms with Crippen LogP contribution in [0.25, 0.3) is 11.0 Å². The topological polar surface area (TPSA) is 113 Å². The van der Waals surface area contributed by atoms with Gasteiger partial charge < -0.3 is 29.9 Å². The second-order valence-corrected chi connectivity index (χ2v) is 6.25. The van der Waals surface area contributed by atoms with Crippen molar-refractivity contribution < 1.29 is 20.1 Å². The molecule has 0 bridgehead atoms. The van der Waals surface area contributed by atoms with Gasteiger partial charge in [-0.05, 0) is 11.6 Å². The van der Waals surface area contributed by atoms with Crippen molar-refractivity contribution in [1.82, 2.24) is 14.5 Å². The summed E-state index contributed by atoms with van der Waals surface area (Å²) in [6.45, 7) is 0.237. The number of pyridine rings is 1. The van der Waals surface area contributed by atoms with Crippen LogP contribution in [0, 0.1) is 0 Å². The van der Waals surface area contributed by atoms with Crippen molar-refractivity contribution in [2.24, 2.45) is 0 Å². The Balaban J connectivity index is 1.61. The second kappa shape index (κ2) is 7.00. The molecular weight excluding hydrogens is 336 g/mol. The zero-order valence-electron chi connectivity index (χ0n) is 13.9. The molecule has 0 saturated carbocycles. The highest BCUT2D eigenvalue weighted by Gasteiger charge is 2.43. The van der Waals surface area contributed by atoms with E-state index in [1.54, 1.807) is 23.2 Å². The summed E-state index contributed by atoms with van der Waals surface area (Å²) < 4.78 is 7.24. The van der Waals surface area contributed by atoms with Crippen molar-refractivity contribution in [1.29, 1.82) is 0 Å². The molecule has 26 heavy (non-hydrogen) atoms. The molecule has 0 radical (unpaired) electrons. The van der Waals surface area contributed by atoms with E-state index < -0.39 is 24.5 Å². The molecule has 4 N–H and O–H groups in total. The average molecular weight is 356 g/mol. The van der Waals surface area contributed by atoms with Gasteiger partial charge in [-0.1, -0.05) is 30.3 Å². The first-order valence-corrected chi connectivity index (χ1v) is 8.41. The molecule has 8 nitrogen and oxygen atoms in total. The van der Waals surface area contributed by atoms with E-state index in [-0.39, 0.29) is 6.61 Å². The van der Waals surface area contributed by atoms with Gasteiger partial charge in [0.2, 0.25) is 0 Å². The summed E-state index contributed by atoms with van der Waals surface area (Å²) >= 11 is 0. The van der Waals surface area contributed by atoms with Gasteiger partial charge in [0.05, 0.1) is 18.5 Å². The second-order valence-electron chi connectivity index (χ2n) is 6.25. The number of nitrogens with one attached hydrogen (secondary N) is 1. The summed E-state index contributed by atoms with van der Waals surface area (Å²) in [5, 5.41) is 32.7. The molecule has 1 aromatic carbocycles. The van der Waals surface area contributed by atoms with Crippen molar-refractivity contribution in [2.45, 2.75) is 31.1 Å². The fourth-order valence-corrected chi connectivity index (χ4v) is 3.19. The van der Waals surface area contributed by atoms with Crippen molar-refractivity contribution in [2.75, 3.05) is 11.9 Å². The predicted octanol–water partition coefficient (Wildman–Crippen LogP) is 0.655. The molecule has 0 amide bonds. The summed E-state index contributed by atoms with van der Waals surface area (Å²) in [7, 11) is 0. The summed E-state index contributed by atoms with van der Waals surface area (Å²) in [5.41, 5.74) is 2.47. The number of anilines is 1. The largest absolute Gasteiger partial charge is 0.394 e. The molecule has 1 unspecified atom stereocenters. The van der Waals surface area contributed by atoms with Crippen LogP contribution in [-0.4, -0.2) is 54.8 Å². The van der Waals surface area contributed by atoms with Gasteiger partial charge in [0.15, 0.2) is 12.0 Å². The fraction of sp³-hybridized carbons (Fsp3) is 0.333. The van der Waals surface area contributed by atoms with Crippen LogP contribution in [0.3, 0.4) is 0 Å². The minimum absolute atomic E-state index is 0.368. The first-order chi connectivity index (χ1) is 12.7. The molecule has 3 aromatic rings. The van der Waals surface area contributed by atoms with E-state index in [1.807, 2.05) is 30.3 Å². The van der Waals surface area contributed by atoms with Gasteiger partial charge in [0, 0.05) is 12.7 Å². The SMILES string of the molecule is OC[C@H]1O[C@@H](n2cnc3c(NCc4ccccc4)nccc32)C(O)[C@@H]1O. The highest BCUT2D eigenvalue weighted by molar-refractivity contribution is 5.85. The molecule has 0 spiro atoms. The molecule has 136 valence electrons. The van der Waals surface area contributed by atoms with Crippen LogP contribution in [0.2, 0.25) is 0 Å². The fourth-order valence-electron chi connectivity index (χ4n) is 3.19. The maximum atomic E-state index is 10.2. The lowest BCUT2D eigenvalue weighted by Crippen LogP contribution is -2.33. The van der Waals surface area contributed by atoms with Crippen LogP contribution >= 0.6 is 0 Å². The number of aliphatic hydroxyl groups is 3. The number of nitrogens with zero attached hydrogens (tertiary/aromatic N) is 3. The molecule has 1 saturated heterocycles. The van der Waals surface area contributed by atoms with E-state index in [2.05, 4.69) is 15.3 Å². The Morgan fingerprint density at radius 3 is 2.62 bits per heavy atom. The Morgan fingerprint density at radius 1 is 1.08 bits per heavy atom. The Hall–Kier alpha value is -2.52. The van der Waals surface area contributed by atoms with Crippen LogP contribution in [0.4, 0.5) is 5.82 Å². The number of rotatable bonds is 5. The van der Waals surface area contributed by atoms with Gasteiger partial charge in [-0.2, -0.15) is 0 Å². The van der Waals surface area contributed by atoms with Gasteiger partial charge in [-0.3, -0.25) is 0 Å². The molecule has 3 heterocycles. The third-order valence-corrected chi connectivity index (χ3v) is 4.59. The molecule has 2 aromatic heterocycles. The van der Waals surface area contributed by atoms with Crippen molar-refractivity contribution in [3.63, 3.8) is 0 Å². The lowest BCUT2D eigenvalue weighted by atomic mass is 10.1. The third-order valence-electron chi connectivity index (χ3n) is 4.59. The number of imidazole rings is 1. The molecule has 4 rings (SSSR count). The van der Waals surface area contributed by atoms with Crippen LogP contribution in [0.5, 0.6) is 0 Å². The molecular formula is C18H20N4O4. The average Bonchev–Trinajstić information content (AvgIpc) is 3.23. The van der Waals surface area contributed by atoms with Gasteiger partial charge in [0.25, 0.3) is 0 Å². The first kappa shape index (κ1) is 16.9. The van der Waals surface area contributed by atoms with Crippen molar-refractivity contribution in [3.05, 3.63) is 54.5 Å². The van der Waals surface area contributed by atoms with E-state index in [9.17, 15) is 15.3 Å². The highest BCUT2D eigenvalue weighted by Crippen LogP contribution is 2.32. The van der Waals surface area contributed by atoms with Crippen molar-refractivity contribution in [3.8, 4) is 0 Å². The van der Waals surface area contributed by atoms with Gasteiger partial charge >= 0.3 is 0 Å². The third kappa shape index (κ3) is 2.93. The molecule has 1 aliphatic rings. The highest BCUT2D eigenvalue weighted by atomic mass is 16.6. The normalized spacial score (nSPS) is 25.7. The number of hydrogen-bond donors (Lipinski definition) is 4. The zero-order valence-corrected chi connectivity index (χ0v) is 13.9. The number of fused-ring (bicyclic) bond motifs is 1. The Morgan fingerprint density at radius 2 is 1.88 bits per heavy atom. The number of ether oxygens (including phenoxy) is 1. The van der Waals surface area contributed by atoms with E-state index >= 15 is 0 Å². The van der Waals surface area contributed by atoms with Crippen LogP contribution < -0.4 is 5.32 Å². The maximum Gasteiger partial charge on any atom is 0.164 e. The van der Waals surface area contributed by atoms with Gasteiger partial charge in [-0.25, -0.2) is 9.97 Å². The van der Waals surface area contributed by atoms with E-state index in [4.69, 9.17) is 4.74 Å². The molecule has 1 aliphatic heterocycles. The van der Waals surface area contributed by atoms with Gasteiger partial charge in [0.1, 0.15) is 23.8 Å². The number of aliphatic hydroxyl groups excluding tert-OH is 3. The lowest BCUT2D eigenvalue weighted by molar-refractivity contribution is -0.0508. The van der Waals surface area contributed by atoms with Crippen molar-refractivity contribution >= 4 is 16.9 Å².